The van der Waals surface area contributed by atoms with Gasteiger partial charge in [-0.15, -0.1) is 0 Å². The molecule has 0 fully saturated rings. The molecule has 4 rings (SSSR count). The zero-order chi connectivity index (χ0) is 22.7. The summed E-state index contributed by atoms with van der Waals surface area (Å²) in [4.78, 5) is 9.11. The first-order chi connectivity index (χ1) is 15.4. The second-order valence-electron chi connectivity index (χ2n) is 6.96. The number of nitrogens with zero attached hydrogens (tertiary/aromatic N) is 3. The summed E-state index contributed by atoms with van der Waals surface area (Å²) < 4.78 is 40.7. The number of sulfonamides is 1. The summed E-state index contributed by atoms with van der Waals surface area (Å²) in [6.07, 6.45) is 0. The maximum absolute atomic E-state index is 13.0. The van der Waals surface area contributed by atoms with Gasteiger partial charge in [0.05, 0.1) is 30.3 Å². The Bertz CT molecular complexity index is 1390. The largest absolute Gasteiger partial charge is 0.497 e. The maximum atomic E-state index is 13.0. The average Bonchev–Trinajstić information content (AvgIpc) is 2.79. The van der Waals surface area contributed by atoms with E-state index < -0.39 is 10.0 Å². The van der Waals surface area contributed by atoms with E-state index in [1.807, 2.05) is 19.1 Å². The number of benzene rings is 3. The summed E-state index contributed by atoms with van der Waals surface area (Å²) in [5, 5.41) is 3.11. The number of aromatic nitrogens is 2. The van der Waals surface area contributed by atoms with Crippen molar-refractivity contribution in [3.63, 3.8) is 0 Å². The van der Waals surface area contributed by atoms with Gasteiger partial charge in [-0.2, -0.15) is 0 Å². The Labute approximate surface area is 186 Å². The molecule has 1 heterocycles. The lowest BCUT2D eigenvalue weighted by Crippen LogP contribution is -2.04. The van der Waals surface area contributed by atoms with E-state index in [9.17, 15) is 8.42 Å². The van der Waals surface area contributed by atoms with Crippen LogP contribution in [-0.2, 0) is 10.0 Å². The Hall–Kier alpha value is -3.85. The summed E-state index contributed by atoms with van der Waals surface area (Å²) in [6, 6.07) is 18.9. The highest BCUT2D eigenvalue weighted by atomic mass is 32.2. The van der Waals surface area contributed by atoms with Crippen LogP contribution >= 0.6 is 0 Å². The number of nitrogens with one attached hydrogen (secondary N) is 1. The van der Waals surface area contributed by atoms with Gasteiger partial charge in [0.25, 0.3) is 0 Å². The fourth-order valence-electron chi connectivity index (χ4n) is 3.12. The van der Waals surface area contributed by atoms with Gasteiger partial charge in [0.1, 0.15) is 17.3 Å². The molecule has 0 atom stereocenters. The zero-order valence-electron chi connectivity index (χ0n) is 17.7. The number of ether oxygens (including phenoxy) is 2. The number of para-hydroxylation sites is 2. The van der Waals surface area contributed by atoms with Crippen LogP contribution in [0.4, 0.5) is 17.3 Å². The molecule has 32 heavy (non-hydrogen) atoms. The van der Waals surface area contributed by atoms with E-state index in [0.717, 1.165) is 5.56 Å². The molecule has 0 saturated heterocycles. The van der Waals surface area contributed by atoms with Crippen molar-refractivity contribution in [3.05, 3.63) is 77.0 Å². The smallest absolute Gasteiger partial charge is 0.202 e. The van der Waals surface area contributed by atoms with Crippen LogP contribution < -0.4 is 14.8 Å². The molecule has 1 N–H and O–H groups in total. The predicted octanol–water partition coefficient (Wildman–Crippen LogP) is 5.09. The molecule has 0 aliphatic rings. The van der Waals surface area contributed by atoms with Gasteiger partial charge in [0.2, 0.25) is 10.0 Å². The molecule has 9 heteroatoms. The third kappa shape index (κ3) is 4.42. The SMILES string of the molecule is COc1ccc(OC)c(Nc2nc3ccccc3nc2[N-]S(=O)(=O)c2cccc(C)c2)c1. The normalized spacial score (nSPS) is 11.2. The van der Waals surface area contributed by atoms with Crippen molar-refractivity contribution in [2.75, 3.05) is 19.5 Å². The highest BCUT2D eigenvalue weighted by Crippen LogP contribution is 2.37. The molecule has 0 spiro atoms. The van der Waals surface area contributed by atoms with E-state index in [0.29, 0.717) is 28.2 Å². The molecule has 0 aliphatic heterocycles. The first-order valence-electron chi connectivity index (χ1n) is 9.70. The average molecular weight is 450 g/mol. The summed E-state index contributed by atoms with van der Waals surface area (Å²) in [5.41, 5.74) is 2.45. The van der Waals surface area contributed by atoms with E-state index in [4.69, 9.17) is 9.47 Å². The second-order valence-corrected chi connectivity index (χ2v) is 8.56. The van der Waals surface area contributed by atoms with Crippen LogP contribution in [0, 0.1) is 6.92 Å². The van der Waals surface area contributed by atoms with Crippen molar-refractivity contribution >= 4 is 38.4 Å². The summed E-state index contributed by atoms with van der Waals surface area (Å²) in [7, 11) is -0.935. The Morgan fingerprint density at radius 3 is 2.31 bits per heavy atom. The van der Waals surface area contributed by atoms with E-state index in [1.54, 1.807) is 55.6 Å². The molecule has 8 nitrogen and oxygen atoms in total. The molecule has 4 aromatic rings. The van der Waals surface area contributed by atoms with Crippen molar-refractivity contribution in [2.45, 2.75) is 11.8 Å². The molecule has 0 radical (unpaired) electrons. The van der Waals surface area contributed by atoms with Crippen molar-refractivity contribution in [1.29, 1.82) is 0 Å². The predicted molar refractivity (Wildman–Crippen MR) is 124 cm³/mol. The topological polar surface area (TPSA) is 105 Å². The Balaban J connectivity index is 1.81. The number of hydrogen-bond acceptors (Lipinski definition) is 7. The minimum Gasteiger partial charge on any atom is -0.497 e. The number of methoxy groups -OCH3 is 2. The maximum Gasteiger partial charge on any atom is 0.202 e. The van der Waals surface area contributed by atoms with E-state index in [2.05, 4.69) is 20.0 Å². The number of anilines is 2. The van der Waals surface area contributed by atoms with Crippen LogP contribution in [0.15, 0.2) is 71.6 Å². The Morgan fingerprint density at radius 1 is 0.875 bits per heavy atom. The molecule has 0 bridgehead atoms. The first kappa shape index (κ1) is 21.4. The van der Waals surface area contributed by atoms with Gasteiger partial charge in [-0.25, -0.2) is 13.4 Å². The van der Waals surface area contributed by atoms with Crippen molar-refractivity contribution in [1.82, 2.24) is 9.97 Å². The highest BCUT2D eigenvalue weighted by Gasteiger charge is 2.14. The molecular formula is C23H21N4O4S-. The number of fused-ring (bicyclic) bond motifs is 1. The van der Waals surface area contributed by atoms with Crippen molar-refractivity contribution in [3.8, 4) is 11.5 Å². The van der Waals surface area contributed by atoms with Gasteiger partial charge in [-0.1, -0.05) is 30.3 Å². The van der Waals surface area contributed by atoms with Gasteiger partial charge in [-0.3, -0.25) is 0 Å². The van der Waals surface area contributed by atoms with Crippen LogP contribution in [0.2, 0.25) is 0 Å². The van der Waals surface area contributed by atoms with Gasteiger partial charge in [0, 0.05) is 6.07 Å². The quantitative estimate of drug-likeness (QED) is 0.419. The lowest BCUT2D eigenvalue weighted by molar-refractivity contribution is 0.405. The summed E-state index contributed by atoms with van der Waals surface area (Å²) in [6.45, 7) is 1.82. The zero-order valence-corrected chi connectivity index (χ0v) is 18.6. The lowest BCUT2D eigenvalue weighted by atomic mass is 10.2. The van der Waals surface area contributed by atoms with Gasteiger partial charge >= 0.3 is 0 Å². The van der Waals surface area contributed by atoms with Crippen molar-refractivity contribution in [2.24, 2.45) is 0 Å². The molecule has 0 unspecified atom stereocenters. The minimum absolute atomic E-state index is 0.0601. The Kier molecular flexibility index (Phi) is 5.83. The fourth-order valence-corrected chi connectivity index (χ4v) is 4.17. The van der Waals surface area contributed by atoms with Crippen LogP contribution in [0.3, 0.4) is 0 Å². The van der Waals surface area contributed by atoms with E-state index in [1.165, 1.54) is 13.2 Å². The third-order valence-electron chi connectivity index (χ3n) is 4.71. The lowest BCUT2D eigenvalue weighted by Gasteiger charge is -2.22. The monoisotopic (exact) mass is 449 g/mol. The number of aryl methyl sites for hydroxylation is 1. The fraction of sp³-hybridized carbons (Fsp3) is 0.130. The molecule has 0 saturated carbocycles. The summed E-state index contributed by atoms with van der Waals surface area (Å²) in [5.74, 6) is 1.22. The molecule has 3 aromatic carbocycles. The minimum atomic E-state index is -4.02. The Morgan fingerprint density at radius 2 is 1.62 bits per heavy atom. The van der Waals surface area contributed by atoms with Gasteiger partial charge in [-0.05, 0) is 54.2 Å². The van der Waals surface area contributed by atoms with Gasteiger partial charge < -0.3 is 24.5 Å². The van der Waals surface area contributed by atoms with E-state index >= 15 is 0 Å². The van der Waals surface area contributed by atoms with E-state index in [-0.39, 0.29) is 16.5 Å². The molecule has 1 aromatic heterocycles. The third-order valence-corrected chi connectivity index (χ3v) is 5.97. The summed E-state index contributed by atoms with van der Waals surface area (Å²) >= 11 is 0. The van der Waals surface area contributed by atoms with Crippen LogP contribution in [0.1, 0.15) is 5.56 Å². The molecular weight excluding hydrogens is 428 g/mol. The number of hydrogen-bond donors (Lipinski definition) is 1. The first-order valence-corrected chi connectivity index (χ1v) is 11.1. The number of rotatable bonds is 7. The van der Waals surface area contributed by atoms with Crippen molar-refractivity contribution < 1.29 is 17.9 Å². The van der Waals surface area contributed by atoms with Crippen LogP contribution in [0.25, 0.3) is 15.8 Å². The van der Waals surface area contributed by atoms with Gasteiger partial charge in [0.15, 0.2) is 0 Å². The molecule has 164 valence electrons. The highest BCUT2D eigenvalue weighted by molar-refractivity contribution is 7.94. The van der Waals surface area contributed by atoms with Crippen LogP contribution in [-0.4, -0.2) is 32.6 Å². The van der Waals surface area contributed by atoms with Crippen LogP contribution in [0.5, 0.6) is 11.5 Å². The standard InChI is InChI=1S/C23H21N4O4S/c1-15-7-6-8-17(13-15)32(28,29)27-23-22(24-18-9-4-5-10-19(18)25-23)26-20-14-16(30-2)11-12-21(20)31-3/h4-14H,1-3H3,(H-,24,25,26,27)/q-1. The molecule has 0 aliphatic carbocycles. The molecule has 0 amide bonds. The second kappa shape index (κ2) is 8.72.